The first-order valence-corrected chi connectivity index (χ1v) is 6.72. The van der Waals surface area contributed by atoms with Crippen molar-refractivity contribution in [1.29, 1.82) is 0 Å². The second-order valence-electron chi connectivity index (χ2n) is 5.41. The number of carbonyl (C=O) groups is 1. The number of nitrogens with zero attached hydrogens (tertiary/aromatic N) is 1. The molecule has 0 radical (unpaired) electrons. The van der Waals surface area contributed by atoms with Gasteiger partial charge in [-0.05, 0) is 43.5 Å². The third-order valence-electron chi connectivity index (χ3n) is 3.37. The van der Waals surface area contributed by atoms with Crippen LogP contribution in [0.15, 0.2) is 30.3 Å². The Morgan fingerprint density at radius 3 is 2.45 bits per heavy atom. The monoisotopic (exact) mass is 269 g/mol. The first-order chi connectivity index (χ1) is 9.40. The highest BCUT2D eigenvalue weighted by Gasteiger charge is 2.16. The van der Waals surface area contributed by atoms with E-state index in [0.29, 0.717) is 5.69 Å². The molecule has 0 aliphatic carbocycles. The van der Waals surface area contributed by atoms with Gasteiger partial charge < -0.3 is 5.11 Å². The van der Waals surface area contributed by atoms with E-state index >= 15 is 0 Å². The van der Waals surface area contributed by atoms with E-state index in [-0.39, 0.29) is 11.5 Å². The van der Waals surface area contributed by atoms with Crippen LogP contribution in [0.25, 0.3) is 11.3 Å². The van der Waals surface area contributed by atoms with Crippen LogP contribution >= 0.6 is 0 Å². The number of aromatic nitrogens is 1. The molecule has 1 N–H and O–H groups in total. The summed E-state index contributed by atoms with van der Waals surface area (Å²) in [6, 6.07) is 9.65. The van der Waals surface area contributed by atoms with E-state index in [0.717, 1.165) is 16.8 Å². The lowest BCUT2D eigenvalue weighted by atomic mass is 9.99. The fourth-order valence-electron chi connectivity index (χ4n) is 2.26. The topological polar surface area (TPSA) is 50.2 Å². The van der Waals surface area contributed by atoms with Crippen molar-refractivity contribution in [1.82, 2.24) is 4.98 Å². The lowest BCUT2D eigenvalue weighted by Gasteiger charge is -2.13. The van der Waals surface area contributed by atoms with Gasteiger partial charge in [-0.1, -0.05) is 31.5 Å². The molecule has 0 amide bonds. The molecule has 0 aliphatic rings. The molecule has 3 heteroatoms. The second kappa shape index (κ2) is 5.45. The number of pyridine rings is 1. The predicted molar refractivity (Wildman–Crippen MR) is 80.2 cm³/mol. The van der Waals surface area contributed by atoms with E-state index in [1.54, 1.807) is 12.1 Å². The number of hydrogen-bond acceptors (Lipinski definition) is 2. The van der Waals surface area contributed by atoms with Crippen LogP contribution < -0.4 is 0 Å². The summed E-state index contributed by atoms with van der Waals surface area (Å²) in [4.78, 5) is 15.8. The second-order valence-corrected chi connectivity index (χ2v) is 5.41. The largest absolute Gasteiger partial charge is 0.478 e. The minimum atomic E-state index is -0.922. The van der Waals surface area contributed by atoms with E-state index in [1.807, 2.05) is 27.7 Å². The Kier molecular flexibility index (Phi) is 3.89. The molecule has 0 spiro atoms. The molecule has 2 rings (SSSR count). The summed E-state index contributed by atoms with van der Waals surface area (Å²) in [5.41, 5.74) is 5.12. The molecule has 0 saturated carbocycles. The molecule has 0 unspecified atom stereocenters. The summed E-state index contributed by atoms with van der Waals surface area (Å²) in [6.45, 7) is 8.00. The number of aromatic carboxylic acids is 1. The number of aryl methyl sites for hydroxylation is 2. The van der Waals surface area contributed by atoms with Crippen molar-refractivity contribution in [3.63, 3.8) is 0 Å². The average molecular weight is 269 g/mol. The van der Waals surface area contributed by atoms with E-state index in [9.17, 15) is 9.90 Å². The zero-order valence-corrected chi connectivity index (χ0v) is 12.3. The van der Waals surface area contributed by atoms with Gasteiger partial charge in [0.15, 0.2) is 0 Å². The maximum absolute atomic E-state index is 11.3. The molecule has 0 saturated heterocycles. The third kappa shape index (κ3) is 2.72. The zero-order valence-electron chi connectivity index (χ0n) is 12.3. The van der Waals surface area contributed by atoms with Gasteiger partial charge in [0.05, 0.1) is 17.0 Å². The van der Waals surface area contributed by atoms with Crippen LogP contribution in [0, 0.1) is 13.8 Å². The molecular formula is C17H19NO2. The van der Waals surface area contributed by atoms with Crippen LogP contribution in [0.3, 0.4) is 0 Å². The number of carboxylic acids is 1. The van der Waals surface area contributed by atoms with Gasteiger partial charge in [-0.25, -0.2) is 4.79 Å². The fraction of sp³-hybridized carbons (Fsp3) is 0.294. The van der Waals surface area contributed by atoms with Crippen LogP contribution in [0.1, 0.15) is 46.9 Å². The van der Waals surface area contributed by atoms with Crippen molar-refractivity contribution in [2.45, 2.75) is 33.6 Å². The van der Waals surface area contributed by atoms with E-state index < -0.39 is 5.97 Å². The summed E-state index contributed by atoms with van der Waals surface area (Å²) in [6.07, 6.45) is 0. The van der Waals surface area contributed by atoms with Gasteiger partial charge in [0.1, 0.15) is 0 Å². The third-order valence-corrected chi connectivity index (χ3v) is 3.37. The SMILES string of the molecule is Cc1ccc(C)c(-c2ccc(C(=O)O)c(C(C)C)n2)c1. The van der Waals surface area contributed by atoms with Crippen molar-refractivity contribution in [3.8, 4) is 11.3 Å². The standard InChI is InChI=1S/C17H19NO2/c1-10(2)16-13(17(19)20)7-8-15(18-16)14-9-11(3)5-6-12(14)4/h5-10H,1-4H3,(H,19,20). The molecule has 0 bridgehead atoms. The Morgan fingerprint density at radius 2 is 1.85 bits per heavy atom. The quantitative estimate of drug-likeness (QED) is 0.909. The van der Waals surface area contributed by atoms with Gasteiger partial charge in [-0.15, -0.1) is 0 Å². The normalized spacial score (nSPS) is 10.8. The molecule has 1 aromatic heterocycles. The number of rotatable bonds is 3. The molecular weight excluding hydrogens is 250 g/mol. The van der Waals surface area contributed by atoms with Crippen molar-refractivity contribution >= 4 is 5.97 Å². The van der Waals surface area contributed by atoms with Crippen molar-refractivity contribution in [2.24, 2.45) is 0 Å². The van der Waals surface area contributed by atoms with Gasteiger partial charge >= 0.3 is 5.97 Å². The Hall–Kier alpha value is -2.16. The maximum Gasteiger partial charge on any atom is 0.337 e. The molecule has 20 heavy (non-hydrogen) atoms. The molecule has 2 aromatic rings. The van der Waals surface area contributed by atoms with E-state index in [1.165, 1.54) is 5.56 Å². The summed E-state index contributed by atoms with van der Waals surface area (Å²) < 4.78 is 0. The maximum atomic E-state index is 11.3. The summed E-state index contributed by atoms with van der Waals surface area (Å²) in [7, 11) is 0. The Morgan fingerprint density at radius 1 is 1.15 bits per heavy atom. The minimum Gasteiger partial charge on any atom is -0.478 e. The Labute approximate surface area is 119 Å². The number of carboxylic acid groups (broad SMARTS) is 1. The Bertz CT molecular complexity index is 660. The summed E-state index contributed by atoms with van der Waals surface area (Å²) >= 11 is 0. The summed E-state index contributed by atoms with van der Waals surface area (Å²) in [5.74, 6) is -0.847. The van der Waals surface area contributed by atoms with Crippen molar-refractivity contribution in [3.05, 3.63) is 52.7 Å². The van der Waals surface area contributed by atoms with Crippen LogP contribution in [0.2, 0.25) is 0 Å². The highest BCUT2D eigenvalue weighted by molar-refractivity contribution is 5.89. The highest BCUT2D eigenvalue weighted by atomic mass is 16.4. The molecule has 0 atom stereocenters. The lowest BCUT2D eigenvalue weighted by molar-refractivity contribution is 0.0694. The minimum absolute atomic E-state index is 0.0752. The van der Waals surface area contributed by atoms with Gasteiger partial charge in [0, 0.05) is 5.56 Å². The van der Waals surface area contributed by atoms with Gasteiger partial charge in [-0.2, -0.15) is 0 Å². The van der Waals surface area contributed by atoms with Gasteiger partial charge in [0.25, 0.3) is 0 Å². The molecule has 0 aliphatic heterocycles. The number of benzene rings is 1. The van der Waals surface area contributed by atoms with Gasteiger partial charge in [-0.3, -0.25) is 4.98 Å². The fourth-order valence-corrected chi connectivity index (χ4v) is 2.26. The molecule has 104 valence electrons. The van der Waals surface area contributed by atoms with Crippen LogP contribution in [0.5, 0.6) is 0 Å². The first kappa shape index (κ1) is 14.3. The molecule has 3 nitrogen and oxygen atoms in total. The van der Waals surface area contributed by atoms with E-state index in [2.05, 4.69) is 23.2 Å². The molecule has 1 aromatic carbocycles. The van der Waals surface area contributed by atoms with Crippen molar-refractivity contribution < 1.29 is 9.90 Å². The van der Waals surface area contributed by atoms with Crippen LogP contribution in [0.4, 0.5) is 0 Å². The van der Waals surface area contributed by atoms with Crippen LogP contribution in [-0.4, -0.2) is 16.1 Å². The predicted octanol–water partition coefficient (Wildman–Crippen LogP) is 4.19. The van der Waals surface area contributed by atoms with Crippen molar-refractivity contribution in [2.75, 3.05) is 0 Å². The molecule has 0 fully saturated rings. The zero-order chi connectivity index (χ0) is 14.9. The smallest absolute Gasteiger partial charge is 0.337 e. The first-order valence-electron chi connectivity index (χ1n) is 6.72. The summed E-state index contributed by atoms with van der Waals surface area (Å²) in [5, 5.41) is 9.23. The van der Waals surface area contributed by atoms with Gasteiger partial charge in [0.2, 0.25) is 0 Å². The number of hydrogen-bond donors (Lipinski definition) is 1. The Balaban J connectivity index is 2.62. The van der Waals surface area contributed by atoms with E-state index in [4.69, 9.17) is 0 Å². The van der Waals surface area contributed by atoms with Crippen LogP contribution in [-0.2, 0) is 0 Å². The molecule has 1 heterocycles. The lowest BCUT2D eigenvalue weighted by Crippen LogP contribution is -2.07. The average Bonchev–Trinajstić information content (AvgIpc) is 2.40. The highest BCUT2D eigenvalue weighted by Crippen LogP contribution is 2.26.